The maximum absolute atomic E-state index is 11.6. The van der Waals surface area contributed by atoms with Crippen molar-refractivity contribution < 1.29 is 19.4 Å². The van der Waals surface area contributed by atoms with E-state index in [4.69, 9.17) is 9.84 Å². The normalized spacial score (nSPS) is 23.9. The largest absolute Gasteiger partial charge is 0.480 e. The molecular weight excluding hydrogens is 260 g/mol. The summed E-state index contributed by atoms with van der Waals surface area (Å²) in [5.41, 5.74) is 0. The molecule has 0 heterocycles. The molecule has 0 bridgehead atoms. The molecule has 1 rings (SSSR count). The number of amides is 2. The van der Waals surface area contributed by atoms with Crippen molar-refractivity contribution in [3.8, 4) is 0 Å². The molecule has 0 aromatic carbocycles. The van der Waals surface area contributed by atoms with E-state index in [0.717, 1.165) is 12.3 Å². The lowest BCUT2D eigenvalue weighted by Gasteiger charge is -2.26. The molecule has 1 unspecified atom stereocenters. The zero-order valence-electron chi connectivity index (χ0n) is 12.4. The fourth-order valence-corrected chi connectivity index (χ4v) is 2.56. The predicted octanol–water partition coefficient (Wildman–Crippen LogP) is 1.60. The zero-order valence-corrected chi connectivity index (χ0v) is 12.4. The quantitative estimate of drug-likeness (QED) is 0.663. The predicted molar refractivity (Wildman–Crippen MR) is 75.6 cm³/mol. The van der Waals surface area contributed by atoms with Crippen molar-refractivity contribution in [1.29, 1.82) is 0 Å². The third-order valence-electron chi connectivity index (χ3n) is 3.91. The fraction of sp³-hybridized carbons (Fsp3) is 0.857. The van der Waals surface area contributed by atoms with Crippen LogP contribution in [-0.4, -0.2) is 43.4 Å². The van der Waals surface area contributed by atoms with Crippen molar-refractivity contribution in [3.63, 3.8) is 0 Å². The highest BCUT2D eigenvalue weighted by atomic mass is 16.5. The Morgan fingerprint density at radius 1 is 1.30 bits per heavy atom. The summed E-state index contributed by atoms with van der Waals surface area (Å²) in [6.07, 6.45) is 5.96. The summed E-state index contributed by atoms with van der Waals surface area (Å²) in [4.78, 5) is 22.4. The fourth-order valence-electron chi connectivity index (χ4n) is 2.56. The van der Waals surface area contributed by atoms with Crippen LogP contribution < -0.4 is 10.6 Å². The van der Waals surface area contributed by atoms with Gasteiger partial charge >= 0.3 is 12.0 Å². The maximum Gasteiger partial charge on any atom is 0.328 e. The smallest absolute Gasteiger partial charge is 0.328 e. The molecule has 0 aliphatic heterocycles. The molecule has 0 aromatic rings. The van der Waals surface area contributed by atoms with E-state index in [-0.39, 0.29) is 6.61 Å². The Kier molecular flexibility index (Phi) is 7.36. The average molecular weight is 286 g/mol. The molecule has 20 heavy (non-hydrogen) atoms. The van der Waals surface area contributed by atoms with Crippen LogP contribution in [0.1, 0.15) is 39.0 Å². The number of rotatable bonds is 7. The first-order valence-corrected chi connectivity index (χ1v) is 7.29. The molecule has 1 atom stereocenters. The Labute approximate surface area is 120 Å². The summed E-state index contributed by atoms with van der Waals surface area (Å²) in [6.45, 7) is 2.83. The van der Waals surface area contributed by atoms with Gasteiger partial charge in [-0.1, -0.05) is 32.6 Å². The number of methoxy groups -OCH3 is 1. The van der Waals surface area contributed by atoms with Crippen LogP contribution in [0.5, 0.6) is 0 Å². The molecule has 6 heteroatoms. The van der Waals surface area contributed by atoms with Crippen LogP contribution in [-0.2, 0) is 9.53 Å². The third kappa shape index (κ3) is 6.23. The van der Waals surface area contributed by atoms with Crippen molar-refractivity contribution in [2.24, 2.45) is 11.8 Å². The number of urea groups is 1. The molecule has 3 N–H and O–H groups in total. The van der Waals surface area contributed by atoms with E-state index in [2.05, 4.69) is 17.6 Å². The maximum atomic E-state index is 11.6. The van der Waals surface area contributed by atoms with Crippen LogP contribution in [0.15, 0.2) is 0 Å². The molecule has 2 amide bonds. The summed E-state index contributed by atoms with van der Waals surface area (Å²) in [5.74, 6) is 0.414. The first-order chi connectivity index (χ1) is 9.52. The van der Waals surface area contributed by atoms with Gasteiger partial charge in [-0.05, 0) is 18.3 Å². The van der Waals surface area contributed by atoms with Gasteiger partial charge in [0.2, 0.25) is 0 Å². The van der Waals surface area contributed by atoms with E-state index in [1.165, 1.54) is 32.8 Å². The van der Waals surface area contributed by atoms with Gasteiger partial charge in [-0.2, -0.15) is 0 Å². The Bertz CT molecular complexity index is 314. The van der Waals surface area contributed by atoms with E-state index in [9.17, 15) is 9.59 Å². The van der Waals surface area contributed by atoms with E-state index >= 15 is 0 Å². The van der Waals surface area contributed by atoms with Gasteiger partial charge in [0.15, 0.2) is 6.04 Å². The van der Waals surface area contributed by atoms with Crippen molar-refractivity contribution in [2.45, 2.75) is 45.1 Å². The number of carbonyl (C=O) groups excluding carboxylic acids is 1. The molecule has 1 fully saturated rings. The van der Waals surface area contributed by atoms with Gasteiger partial charge < -0.3 is 20.5 Å². The highest BCUT2D eigenvalue weighted by Gasteiger charge is 2.20. The topological polar surface area (TPSA) is 87.7 Å². The van der Waals surface area contributed by atoms with Crippen LogP contribution >= 0.6 is 0 Å². The average Bonchev–Trinajstić information content (AvgIpc) is 2.40. The summed E-state index contributed by atoms with van der Waals surface area (Å²) >= 11 is 0. The SMILES string of the molecule is COCC(NC(=O)NCCC1CCC(C)CC1)C(=O)O. The highest BCUT2D eigenvalue weighted by molar-refractivity contribution is 5.82. The minimum Gasteiger partial charge on any atom is -0.480 e. The number of carboxylic acid groups (broad SMARTS) is 1. The molecule has 0 spiro atoms. The van der Waals surface area contributed by atoms with Gasteiger partial charge in [-0.3, -0.25) is 0 Å². The van der Waals surface area contributed by atoms with Crippen molar-refractivity contribution in [2.75, 3.05) is 20.3 Å². The zero-order chi connectivity index (χ0) is 15.0. The van der Waals surface area contributed by atoms with Crippen molar-refractivity contribution in [3.05, 3.63) is 0 Å². The summed E-state index contributed by atoms with van der Waals surface area (Å²) in [7, 11) is 1.40. The lowest BCUT2D eigenvalue weighted by Crippen LogP contribution is -2.48. The first-order valence-electron chi connectivity index (χ1n) is 7.29. The van der Waals surface area contributed by atoms with Crippen molar-refractivity contribution >= 4 is 12.0 Å². The number of ether oxygens (including phenoxy) is 1. The van der Waals surface area contributed by atoms with Crippen LogP contribution in [0.3, 0.4) is 0 Å². The van der Waals surface area contributed by atoms with Crippen LogP contribution in [0, 0.1) is 11.8 Å². The lowest BCUT2D eigenvalue weighted by molar-refractivity contribution is -0.140. The summed E-state index contributed by atoms with van der Waals surface area (Å²) in [5, 5.41) is 14.0. The van der Waals surface area contributed by atoms with Crippen LogP contribution in [0.4, 0.5) is 4.79 Å². The van der Waals surface area contributed by atoms with E-state index in [1.54, 1.807) is 0 Å². The molecule has 0 saturated heterocycles. The molecule has 0 radical (unpaired) electrons. The number of aliphatic carboxylic acids is 1. The van der Waals surface area contributed by atoms with Gasteiger partial charge in [-0.25, -0.2) is 9.59 Å². The van der Waals surface area contributed by atoms with Crippen molar-refractivity contribution in [1.82, 2.24) is 10.6 Å². The van der Waals surface area contributed by atoms with Gasteiger partial charge in [0, 0.05) is 13.7 Å². The number of hydrogen-bond acceptors (Lipinski definition) is 3. The molecule has 6 nitrogen and oxygen atoms in total. The highest BCUT2D eigenvalue weighted by Crippen LogP contribution is 2.29. The number of carbonyl (C=O) groups is 2. The van der Waals surface area contributed by atoms with E-state index in [1.807, 2.05) is 0 Å². The monoisotopic (exact) mass is 286 g/mol. The molecular formula is C14H26N2O4. The molecule has 1 aliphatic carbocycles. The van der Waals surface area contributed by atoms with Gasteiger partial charge in [0.25, 0.3) is 0 Å². The third-order valence-corrected chi connectivity index (χ3v) is 3.91. The molecule has 1 aliphatic rings. The molecule has 0 aromatic heterocycles. The minimum absolute atomic E-state index is 0.0384. The molecule has 116 valence electrons. The van der Waals surface area contributed by atoms with Crippen LogP contribution in [0.25, 0.3) is 0 Å². The second-order valence-corrected chi connectivity index (χ2v) is 5.66. The number of nitrogens with one attached hydrogen (secondary N) is 2. The standard InChI is InChI=1S/C14H26N2O4/c1-10-3-5-11(6-4-10)7-8-15-14(19)16-12(9-20-2)13(17)18/h10-12H,3-9H2,1-2H3,(H,17,18)(H2,15,16,19). The van der Waals surface area contributed by atoms with Gasteiger partial charge in [0.1, 0.15) is 0 Å². The number of hydrogen-bond donors (Lipinski definition) is 3. The van der Waals surface area contributed by atoms with Gasteiger partial charge in [0.05, 0.1) is 6.61 Å². The van der Waals surface area contributed by atoms with E-state index < -0.39 is 18.0 Å². The number of carboxylic acids is 1. The minimum atomic E-state index is -1.09. The summed E-state index contributed by atoms with van der Waals surface area (Å²) < 4.78 is 4.75. The summed E-state index contributed by atoms with van der Waals surface area (Å²) in [6, 6.07) is -1.45. The first kappa shape index (κ1) is 16.8. The lowest BCUT2D eigenvalue weighted by atomic mass is 9.81. The Hall–Kier alpha value is -1.30. The second kappa shape index (κ2) is 8.79. The Balaban J connectivity index is 2.17. The second-order valence-electron chi connectivity index (χ2n) is 5.66. The molecule has 1 saturated carbocycles. The Morgan fingerprint density at radius 3 is 2.50 bits per heavy atom. The van der Waals surface area contributed by atoms with Gasteiger partial charge in [-0.15, -0.1) is 0 Å². The Morgan fingerprint density at radius 2 is 1.95 bits per heavy atom. The van der Waals surface area contributed by atoms with E-state index in [0.29, 0.717) is 12.5 Å². The van der Waals surface area contributed by atoms with Crippen LogP contribution in [0.2, 0.25) is 0 Å².